The Bertz CT molecular complexity index is 596. The molecule has 0 heterocycles. The summed E-state index contributed by atoms with van der Waals surface area (Å²) < 4.78 is 0. The topological polar surface area (TPSA) is 57.5 Å². The average molecular weight is 332 g/mol. The lowest BCUT2D eigenvalue weighted by Crippen LogP contribution is -2.56. The highest BCUT2D eigenvalue weighted by Gasteiger charge is 2.65. The standard InChI is InChI=1S/C21H32O3/c1-13(22)21(24)11-8-18-16-5-4-14-12-15(23)6-9-19(14,2)17(16)7-10-20(18,21)3/h4,15-18,23-24H,5-12H2,1-3H3/t15-,16-,17+,18+,19-,20+,21+/m0/s1. The van der Waals surface area contributed by atoms with Crippen LogP contribution in [0.3, 0.4) is 0 Å². The Morgan fingerprint density at radius 3 is 2.54 bits per heavy atom. The van der Waals surface area contributed by atoms with Crippen molar-refractivity contribution < 1.29 is 15.0 Å². The first-order valence-corrected chi connectivity index (χ1v) is 9.83. The van der Waals surface area contributed by atoms with E-state index in [4.69, 9.17) is 0 Å². The number of aliphatic hydroxyl groups is 2. The van der Waals surface area contributed by atoms with Crippen molar-refractivity contribution in [1.29, 1.82) is 0 Å². The van der Waals surface area contributed by atoms with Gasteiger partial charge in [0, 0.05) is 5.41 Å². The van der Waals surface area contributed by atoms with Gasteiger partial charge in [-0.05, 0) is 81.5 Å². The highest BCUT2D eigenvalue weighted by molar-refractivity contribution is 5.86. The smallest absolute Gasteiger partial charge is 0.161 e. The van der Waals surface area contributed by atoms with E-state index < -0.39 is 5.60 Å². The summed E-state index contributed by atoms with van der Waals surface area (Å²) in [7, 11) is 0. The fraction of sp³-hybridized carbons (Fsp3) is 0.857. The number of rotatable bonds is 1. The minimum Gasteiger partial charge on any atom is -0.393 e. The normalized spacial score (nSPS) is 53.6. The van der Waals surface area contributed by atoms with Crippen molar-refractivity contribution in [2.24, 2.45) is 28.6 Å². The van der Waals surface area contributed by atoms with Crippen molar-refractivity contribution in [3.8, 4) is 0 Å². The molecule has 3 nitrogen and oxygen atoms in total. The lowest BCUT2D eigenvalue weighted by Gasteiger charge is -2.58. The van der Waals surface area contributed by atoms with Crippen LogP contribution in [0.5, 0.6) is 0 Å². The number of hydrogen-bond donors (Lipinski definition) is 2. The minimum absolute atomic E-state index is 0.0370. The Labute approximate surface area is 145 Å². The zero-order chi connectivity index (χ0) is 17.3. The van der Waals surface area contributed by atoms with Gasteiger partial charge in [-0.15, -0.1) is 0 Å². The van der Waals surface area contributed by atoms with E-state index >= 15 is 0 Å². The van der Waals surface area contributed by atoms with E-state index in [0.717, 1.165) is 44.9 Å². The van der Waals surface area contributed by atoms with E-state index in [1.54, 1.807) is 6.92 Å². The third-order valence-electron chi connectivity index (χ3n) is 8.81. The number of carbonyl (C=O) groups excluding carboxylic acids is 1. The molecule has 0 aromatic carbocycles. The monoisotopic (exact) mass is 332 g/mol. The highest BCUT2D eigenvalue weighted by atomic mass is 16.3. The SMILES string of the molecule is CC(=O)[C@]1(O)CC[C@@H]2[C@H]3CC=C4C[C@@H](O)CC[C@]4(C)[C@@H]3CC[C@]21C. The zero-order valence-electron chi connectivity index (χ0n) is 15.3. The molecule has 0 amide bonds. The van der Waals surface area contributed by atoms with Crippen molar-refractivity contribution in [2.75, 3.05) is 0 Å². The summed E-state index contributed by atoms with van der Waals surface area (Å²) in [5.74, 6) is 1.65. The molecule has 0 unspecified atom stereocenters. The molecule has 24 heavy (non-hydrogen) atoms. The van der Waals surface area contributed by atoms with Gasteiger partial charge in [0.15, 0.2) is 5.78 Å². The van der Waals surface area contributed by atoms with Crippen LogP contribution in [-0.2, 0) is 4.79 Å². The summed E-state index contributed by atoms with van der Waals surface area (Å²) in [6.07, 6.45) is 9.84. The quantitative estimate of drug-likeness (QED) is 0.721. The summed E-state index contributed by atoms with van der Waals surface area (Å²) >= 11 is 0. The first-order valence-electron chi connectivity index (χ1n) is 9.83. The summed E-state index contributed by atoms with van der Waals surface area (Å²) in [6, 6.07) is 0. The van der Waals surface area contributed by atoms with Crippen LogP contribution >= 0.6 is 0 Å². The van der Waals surface area contributed by atoms with Crippen LogP contribution in [0.2, 0.25) is 0 Å². The third kappa shape index (κ3) is 1.94. The number of hydrogen-bond acceptors (Lipinski definition) is 3. The Balaban J connectivity index is 1.69. The number of Topliss-reactive ketones (excluding diaryl/α,β-unsaturated/α-hetero) is 1. The zero-order valence-corrected chi connectivity index (χ0v) is 15.3. The summed E-state index contributed by atoms with van der Waals surface area (Å²) in [5.41, 5.74) is 0.331. The van der Waals surface area contributed by atoms with Crippen LogP contribution in [0.15, 0.2) is 11.6 Å². The average Bonchev–Trinajstić information content (AvgIpc) is 2.81. The van der Waals surface area contributed by atoms with Gasteiger partial charge in [-0.1, -0.05) is 25.5 Å². The van der Waals surface area contributed by atoms with Crippen LogP contribution in [0.4, 0.5) is 0 Å². The van der Waals surface area contributed by atoms with Crippen LogP contribution in [0.25, 0.3) is 0 Å². The van der Waals surface area contributed by atoms with Crippen molar-refractivity contribution in [1.82, 2.24) is 0 Å². The van der Waals surface area contributed by atoms with Crippen LogP contribution in [-0.4, -0.2) is 27.7 Å². The highest BCUT2D eigenvalue weighted by Crippen LogP contribution is 2.67. The first-order chi connectivity index (χ1) is 11.2. The maximum absolute atomic E-state index is 12.2. The first kappa shape index (κ1) is 16.8. The molecule has 0 aromatic rings. The Kier molecular flexibility index (Phi) is 3.61. The second-order valence-corrected chi connectivity index (χ2v) is 9.57. The summed E-state index contributed by atoms with van der Waals surface area (Å²) in [4.78, 5) is 12.2. The van der Waals surface area contributed by atoms with Crippen molar-refractivity contribution in [3.05, 3.63) is 11.6 Å². The molecule has 3 heteroatoms. The van der Waals surface area contributed by atoms with Gasteiger partial charge < -0.3 is 10.2 Å². The van der Waals surface area contributed by atoms with Crippen LogP contribution in [0.1, 0.15) is 72.1 Å². The van der Waals surface area contributed by atoms with E-state index in [1.807, 2.05) is 0 Å². The minimum atomic E-state index is -1.11. The van der Waals surface area contributed by atoms with Gasteiger partial charge in [0.25, 0.3) is 0 Å². The molecular formula is C21H32O3. The van der Waals surface area contributed by atoms with Gasteiger partial charge in [-0.2, -0.15) is 0 Å². The number of ketones is 1. The summed E-state index contributed by atoms with van der Waals surface area (Å²) in [6.45, 7) is 6.16. The molecule has 2 N–H and O–H groups in total. The molecule has 0 saturated heterocycles. The Morgan fingerprint density at radius 2 is 1.83 bits per heavy atom. The van der Waals surface area contributed by atoms with E-state index in [1.165, 1.54) is 5.57 Å². The number of carbonyl (C=O) groups is 1. The Morgan fingerprint density at radius 1 is 1.12 bits per heavy atom. The van der Waals surface area contributed by atoms with Gasteiger partial charge in [0.1, 0.15) is 5.60 Å². The number of allylic oxidation sites excluding steroid dienone is 1. The third-order valence-corrected chi connectivity index (χ3v) is 8.81. The Hall–Kier alpha value is -0.670. The fourth-order valence-electron chi connectivity index (χ4n) is 7.24. The van der Waals surface area contributed by atoms with Gasteiger partial charge in [-0.25, -0.2) is 0 Å². The second kappa shape index (κ2) is 5.17. The molecule has 134 valence electrons. The summed E-state index contributed by atoms with van der Waals surface area (Å²) in [5, 5.41) is 21.2. The second-order valence-electron chi connectivity index (χ2n) is 9.57. The van der Waals surface area contributed by atoms with Crippen molar-refractivity contribution in [3.63, 3.8) is 0 Å². The molecule has 3 fully saturated rings. The fourth-order valence-corrected chi connectivity index (χ4v) is 7.24. The maximum Gasteiger partial charge on any atom is 0.161 e. The van der Waals surface area contributed by atoms with Crippen LogP contribution < -0.4 is 0 Å². The van der Waals surface area contributed by atoms with Gasteiger partial charge in [-0.3, -0.25) is 4.79 Å². The molecular weight excluding hydrogens is 300 g/mol. The molecule has 7 atom stereocenters. The lowest BCUT2D eigenvalue weighted by molar-refractivity contribution is -0.159. The van der Waals surface area contributed by atoms with Crippen molar-refractivity contribution >= 4 is 5.78 Å². The molecule has 4 aliphatic rings. The van der Waals surface area contributed by atoms with Gasteiger partial charge in [0.2, 0.25) is 0 Å². The molecule has 4 rings (SSSR count). The molecule has 0 aliphatic heterocycles. The van der Waals surface area contributed by atoms with Crippen LogP contribution in [0, 0.1) is 28.6 Å². The predicted octanol–water partition coefficient (Wildman–Crippen LogP) is 3.63. The molecule has 0 aromatic heterocycles. The predicted molar refractivity (Wildman–Crippen MR) is 93.3 cm³/mol. The molecule has 0 spiro atoms. The van der Waals surface area contributed by atoms with Gasteiger partial charge >= 0.3 is 0 Å². The van der Waals surface area contributed by atoms with E-state index in [9.17, 15) is 15.0 Å². The molecule has 3 saturated carbocycles. The lowest BCUT2D eigenvalue weighted by atomic mass is 9.47. The molecule has 0 radical (unpaired) electrons. The molecule has 0 bridgehead atoms. The van der Waals surface area contributed by atoms with E-state index in [0.29, 0.717) is 24.2 Å². The maximum atomic E-state index is 12.2. The number of aliphatic hydroxyl groups excluding tert-OH is 1. The number of fused-ring (bicyclic) bond motifs is 5. The van der Waals surface area contributed by atoms with Crippen molar-refractivity contribution in [2.45, 2.75) is 83.8 Å². The largest absolute Gasteiger partial charge is 0.393 e. The van der Waals surface area contributed by atoms with Gasteiger partial charge in [0.05, 0.1) is 6.10 Å². The van der Waals surface area contributed by atoms with E-state index in [2.05, 4.69) is 19.9 Å². The molecule has 4 aliphatic carbocycles. The van der Waals surface area contributed by atoms with E-state index in [-0.39, 0.29) is 22.7 Å².